The minimum atomic E-state index is -0.225. The van der Waals surface area contributed by atoms with Crippen LogP contribution in [0.1, 0.15) is 69.2 Å². The molecule has 8 aromatic carbocycles. The average molecular weight is 792 g/mol. The maximum Gasteiger partial charge on any atom is 0.123 e. The monoisotopic (exact) mass is 791 g/mol. The summed E-state index contributed by atoms with van der Waals surface area (Å²) in [5.41, 5.74) is 19.1. The van der Waals surface area contributed by atoms with E-state index in [1.54, 1.807) is 11.1 Å². The standard InChI is InChI=1S/C59H50FN/c1-36-32-41-33-42(36)35-59(37(41)2)53-19-8-6-13-48(53)51-34-40(26-31-54(51)59)45-14-9-16-49-46(45)15-10-20-55(49)61(44-29-24-39(25-30-44)38-22-27-43(60)28-23-38)56-21-11-17-50-47-12-5-7-18-52(47)58(3,4)57(50)56/h5-31,34,36-37,41-42H,32-33,35H2,1-4H3/t36-,37+,41?,42-,59+/m1/s1. The van der Waals surface area contributed by atoms with E-state index >= 15 is 0 Å². The Kier molecular flexibility index (Phi) is 8.02. The Bertz CT molecular complexity index is 3050. The second-order valence-electron chi connectivity index (χ2n) is 19.2. The van der Waals surface area contributed by atoms with Crippen LogP contribution in [0.15, 0.2) is 170 Å². The first-order chi connectivity index (χ1) is 29.7. The Morgan fingerprint density at radius 1 is 0.492 bits per heavy atom. The number of halogens is 1. The average Bonchev–Trinajstić information content (AvgIpc) is 3.85. The molecule has 2 bridgehead atoms. The zero-order valence-corrected chi connectivity index (χ0v) is 35.4. The van der Waals surface area contributed by atoms with E-state index in [0.29, 0.717) is 5.92 Å². The van der Waals surface area contributed by atoms with E-state index in [9.17, 15) is 4.39 Å². The maximum absolute atomic E-state index is 13.9. The Labute approximate surface area is 359 Å². The van der Waals surface area contributed by atoms with Gasteiger partial charge in [0, 0.05) is 21.9 Å². The summed E-state index contributed by atoms with van der Waals surface area (Å²) in [4.78, 5) is 2.48. The molecule has 8 aromatic rings. The topological polar surface area (TPSA) is 3.24 Å². The zero-order chi connectivity index (χ0) is 41.2. The van der Waals surface area contributed by atoms with Crippen LogP contribution in [-0.2, 0) is 10.8 Å². The molecule has 0 heterocycles. The molecule has 0 aromatic heterocycles. The van der Waals surface area contributed by atoms with Gasteiger partial charge in [-0.05, 0) is 158 Å². The molecule has 0 radical (unpaired) electrons. The van der Waals surface area contributed by atoms with Crippen LogP contribution >= 0.6 is 0 Å². The van der Waals surface area contributed by atoms with Gasteiger partial charge in [0.05, 0.1) is 11.4 Å². The molecule has 0 aliphatic heterocycles. The van der Waals surface area contributed by atoms with Crippen molar-refractivity contribution >= 4 is 27.8 Å². The molecule has 0 N–H and O–H groups in total. The van der Waals surface area contributed by atoms with Crippen molar-refractivity contribution in [1.29, 1.82) is 0 Å². The van der Waals surface area contributed by atoms with Crippen molar-refractivity contribution in [2.24, 2.45) is 23.7 Å². The van der Waals surface area contributed by atoms with E-state index in [1.165, 1.54) is 92.4 Å². The van der Waals surface area contributed by atoms with Crippen LogP contribution in [-0.4, -0.2) is 0 Å². The van der Waals surface area contributed by atoms with Gasteiger partial charge in [0.25, 0.3) is 0 Å². The molecule has 2 saturated carbocycles. The van der Waals surface area contributed by atoms with Crippen molar-refractivity contribution < 1.29 is 4.39 Å². The number of rotatable bonds is 5. The molecule has 2 fully saturated rings. The van der Waals surface area contributed by atoms with Gasteiger partial charge < -0.3 is 4.90 Å². The third kappa shape index (κ3) is 5.24. The maximum atomic E-state index is 13.9. The Hall–Kier alpha value is -6.25. The zero-order valence-electron chi connectivity index (χ0n) is 35.4. The first kappa shape index (κ1) is 36.6. The molecule has 12 rings (SSSR count). The normalized spacial score (nSPS) is 22.5. The highest BCUT2D eigenvalue weighted by atomic mass is 19.1. The van der Waals surface area contributed by atoms with Crippen molar-refractivity contribution in [3.8, 4) is 44.5 Å². The van der Waals surface area contributed by atoms with Gasteiger partial charge in [-0.3, -0.25) is 0 Å². The van der Waals surface area contributed by atoms with Crippen LogP contribution in [0.5, 0.6) is 0 Å². The summed E-state index contributed by atoms with van der Waals surface area (Å²) in [6, 6.07) is 61.8. The molecular weight excluding hydrogens is 742 g/mol. The molecule has 2 heteroatoms. The van der Waals surface area contributed by atoms with Crippen LogP contribution in [0.2, 0.25) is 0 Å². The number of fused-ring (bicyclic) bond motifs is 11. The summed E-state index contributed by atoms with van der Waals surface area (Å²) in [5, 5.41) is 2.44. The van der Waals surface area contributed by atoms with Crippen LogP contribution in [0.4, 0.5) is 21.5 Å². The predicted octanol–water partition coefficient (Wildman–Crippen LogP) is 16.1. The van der Waals surface area contributed by atoms with Crippen LogP contribution in [0.3, 0.4) is 0 Å². The van der Waals surface area contributed by atoms with E-state index in [2.05, 4.69) is 178 Å². The fraction of sp³-hybridized carbons (Fsp3) is 0.220. The largest absolute Gasteiger partial charge is 0.310 e. The molecule has 5 atom stereocenters. The molecule has 298 valence electrons. The second-order valence-corrected chi connectivity index (χ2v) is 19.2. The molecule has 4 aliphatic rings. The Morgan fingerprint density at radius 2 is 1.08 bits per heavy atom. The van der Waals surface area contributed by atoms with Crippen molar-refractivity contribution in [3.05, 3.63) is 198 Å². The van der Waals surface area contributed by atoms with Gasteiger partial charge in [0.1, 0.15) is 5.82 Å². The molecule has 1 unspecified atom stereocenters. The summed E-state index contributed by atoms with van der Waals surface area (Å²) in [6.07, 6.45) is 4.02. The Morgan fingerprint density at radius 3 is 1.87 bits per heavy atom. The lowest BCUT2D eigenvalue weighted by molar-refractivity contribution is 0.161. The lowest BCUT2D eigenvalue weighted by atomic mass is 9.57. The van der Waals surface area contributed by atoms with Crippen molar-refractivity contribution in [2.75, 3.05) is 4.90 Å². The van der Waals surface area contributed by atoms with Gasteiger partial charge in [-0.1, -0.05) is 155 Å². The third-order valence-corrected chi connectivity index (χ3v) is 15.9. The summed E-state index contributed by atoms with van der Waals surface area (Å²) in [7, 11) is 0. The lowest BCUT2D eigenvalue weighted by Gasteiger charge is -2.46. The lowest BCUT2D eigenvalue weighted by Crippen LogP contribution is -2.41. The van der Waals surface area contributed by atoms with Crippen LogP contribution in [0, 0.1) is 29.5 Å². The quantitative estimate of drug-likeness (QED) is 0.168. The number of hydrogen-bond acceptors (Lipinski definition) is 1. The van der Waals surface area contributed by atoms with Crippen molar-refractivity contribution in [3.63, 3.8) is 0 Å². The third-order valence-electron chi connectivity index (χ3n) is 15.9. The highest BCUT2D eigenvalue weighted by Crippen LogP contribution is 2.65. The second kappa shape index (κ2) is 13.4. The SMILES string of the molecule is C[C@@H]1CC2C[C@@H]1C[C@@]1(c3ccccc3-c3cc(-c4cccc5c(N(c6ccc(-c7ccc(F)cc7)cc6)c6cccc7c6C(C)(C)c6ccccc6-7)cccc45)ccc31)[C@H]2C. The molecule has 1 spiro atoms. The fourth-order valence-electron chi connectivity index (χ4n) is 13.0. The fourth-order valence-corrected chi connectivity index (χ4v) is 13.0. The summed E-state index contributed by atoms with van der Waals surface area (Å²) in [6.45, 7) is 9.81. The van der Waals surface area contributed by atoms with E-state index in [-0.39, 0.29) is 16.6 Å². The number of benzene rings is 8. The van der Waals surface area contributed by atoms with Gasteiger partial charge in [-0.15, -0.1) is 0 Å². The predicted molar refractivity (Wildman–Crippen MR) is 252 cm³/mol. The van der Waals surface area contributed by atoms with E-state index < -0.39 is 0 Å². The number of hydrogen-bond donors (Lipinski definition) is 0. The van der Waals surface area contributed by atoms with E-state index in [1.807, 2.05) is 12.1 Å². The first-order valence-corrected chi connectivity index (χ1v) is 22.4. The summed E-state index contributed by atoms with van der Waals surface area (Å²) < 4.78 is 13.9. The minimum absolute atomic E-state index is 0.0881. The van der Waals surface area contributed by atoms with Crippen molar-refractivity contribution in [2.45, 2.75) is 57.8 Å². The van der Waals surface area contributed by atoms with Gasteiger partial charge in [-0.2, -0.15) is 0 Å². The smallest absolute Gasteiger partial charge is 0.123 e. The van der Waals surface area contributed by atoms with Gasteiger partial charge in [0.2, 0.25) is 0 Å². The van der Waals surface area contributed by atoms with Gasteiger partial charge in [-0.25, -0.2) is 4.39 Å². The number of anilines is 3. The summed E-state index contributed by atoms with van der Waals surface area (Å²) in [5.74, 6) is 2.78. The highest BCUT2D eigenvalue weighted by Gasteiger charge is 2.56. The molecule has 4 aliphatic carbocycles. The first-order valence-electron chi connectivity index (χ1n) is 22.4. The van der Waals surface area contributed by atoms with Gasteiger partial charge in [0.15, 0.2) is 0 Å². The number of nitrogens with zero attached hydrogens (tertiary/aromatic N) is 1. The molecule has 0 amide bonds. The highest BCUT2D eigenvalue weighted by molar-refractivity contribution is 6.07. The van der Waals surface area contributed by atoms with Gasteiger partial charge >= 0.3 is 0 Å². The van der Waals surface area contributed by atoms with E-state index in [0.717, 1.165) is 40.3 Å². The molecule has 0 saturated heterocycles. The minimum Gasteiger partial charge on any atom is -0.310 e. The van der Waals surface area contributed by atoms with Crippen LogP contribution in [0.25, 0.3) is 55.3 Å². The molecule has 61 heavy (non-hydrogen) atoms. The van der Waals surface area contributed by atoms with Crippen molar-refractivity contribution in [1.82, 2.24) is 0 Å². The molecule has 1 nitrogen and oxygen atoms in total. The molecular formula is C59H50FN. The Balaban J connectivity index is 1.03. The van der Waals surface area contributed by atoms with Crippen LogP contribution < -0.4 is 4.90 Å². The summed E-state index contributed by atoms with van der Waals surface area (Å²) >= 11 is 0. The van der Waals surface area contributed by atoms with E-state index in [4.69, 9.17) is 0 Å².